The highest BCUT2D eigenvalue weighted by Gasteiger charge is 2.72. The first-order valence-electron chi connectivity index (χ1n) is 14.1. The maximum atomic E-state index is 14.9. The van der Waals surface area contributed by atoms with E-state index in [1.54, 1.807) is 74.9 Å². The zero-order valence-corrected chi connectivity index (χ0v) is 23.9. The molecule has 0 unspecified atom stereocenters. The second-order valence-electron chi connectivity index (χ2n) is 11.0. The zero-order valence-electron chi connectivity index (χ0n) is 23.9. The maximum absolute atomic E-state index is 14.9. The van der Waals surface area contributed by atoms with Crippen molar-refractivity contribution in [3.05, 3.63) is 125 Å². The minimum atomic E-state index is -1.63. The summed E-state index contributed by atoms with van der Waals surface area (Å²) in [5.74, 6) is -0.204. The van der Waals surface area contributed by atoms with Gasteiger partial charge < -0.3 is 19.1 Å². The van der Waals surface area contributed by atoms with Crippen LogP contribution < -0.4 is 19.1 Å². The average Bonchev–Trinajstić information content (AvgIpc) is 3.49. The maximum Gasteiger partial charge on any atom is 0.186 e. The second-order valence-corrected chi connectivity index (χ2v) is 11.0. The fourth-order valence-corrected chi connectivity index (χ4v) is 7.28. The number of hydrogen-bond donors (Lipinski definition) is 0. The molecule has 0 saturated carbocycles. The summed E-state index contributed by atoms with van der Waals surface area (Å²) in [5.41, 5.74) is 1.78. The number of carbonyl (C=O) groups excluding carboxylic acids is 3. The van der Waals surface area contributed by atoms with Crippen LogP contribution in [0.15, 0.2) is 97.1 Å². The molecule has 0 radical (unpaired) electrons. The van der Waals surface area contributed by atoms with E-state index in [2.05, 4.69) is 0 Å². The van der Waals surface area contributed by atoms with Gasteiger partial charge in [-0.2, -0.15) is 0 Å². The number of Topliss-reactive ketones (excluding diaryl/α,β-unsaturated/α-hetero) is 3. The number of benzene rings is 4. The highest BCUT2D eigenvalue weighted by Crippen LogP contribution is 2.62. The topological polar surface area (TPSA) is 82.1 Å². The van der Waals surface area contributed by atoms with Crippen LogP contribution in [0.25, 0.3) is 6.08 Å². The van der Waals surface area contributed by atoms with Gasteiger partial charge in [0.1, 0.15) is 28.7 Å². The first kappa shape index (κ1) is 26.7. The molecular weight excluding hydrogens is 542 g/mol. The quantitative estimate of drug-likeness (QED) is 0.207. The number of para-hydroxylation sites is 1. The van der Waals surface area contributed by atoms with Crippen molar-refractivity contribution in [3.8, 4) is 17.2 Å². The SMILES string of the molecule is COc1cccc(C(=O)[C@H]2[C@H](c3ccc(OC)cc3OC)C3(C(=O)c4ccccc4C3=O)[C@H]3C=Cc4ccccc4N23)c1. The summed E-state index contributed by atoms with van der Waals surface area (Å²) in [7, 11) is 4.64. The van der Waals surface area contributed by atoms with Crippen molar-refractivity contribution in [2.75, 3.05) is 26.2 Å². The average molecular weight is 572 g/mol. The van der Waals surface area contributed by atoms with Crippen molar-refractivity contribution < 1.29 is 28.6 Å². The van der Waals surface area contributed by atoms with Crippen molar-refractivity contribution in [2.24, 2.45) is 5.41 Å². The summed E-state index contributed by atoms with van der Waals surface area (Å²) in [5, 5.41) is 0. The van der Waals surface area contributed by atoms with Gasteiger partial charge in [0, 0.05) is 39.9 Å². The number of ketones is 3. The monoisotopic (exact) mass is 571 g/mol. The number of ether oxygens (including phenoxy) is 3. The molecule has 1 spiro atoms. The lowest BCUT2D eigenvalue weighted by atomic mass is 9.64. The van der Waals surface area contributed by atoms with Crippen LogP contribution >= 0.6 is 0 Å². The van der Waals surface area contributed by atoms with Crippen LogP contribution in [0.5, 0.6) is 17.2 Å². The molecule has 7 nitrogen and oxygen atoms in total. The van der Waals surface area contributed by atoms with Crippen LogP contribution in [0.1, 0.15) is 48.1 Å². The Morgan fingerprint density at radius 3 is 2.12 bits per heavy atom. The predicted molar refractivity (Wildman–Crippen MR) is 163 cm³/mol. The van der Waals surface area contributed by atoms with Crippen LogP contribution in [0.2, 0.25) is 0 Å². The lowest BCUT2D eigenvalue weighted by Gasteiger charge is -2.37. The van der Waals surface area contributed by atoms with Crippen molar-refractivity contribution >= 4 is 29.1 Å². The van der Waals surface area contributed by atoms with Crippen LogP contribution in [-0.2, 0) is 0 Å². The molecule has 2 aliphatic heterocycles. The summed E-state index contributed by atoms with van der Waals surface area (Å²) in [4.78, 5) is 46.5. The molecule has 1 aliphatic carbocycles. The van der Waals surface area contributed by atoms with Gasteiger partial charge in [-0.1, -0.05) is 72.8 Å². The largest absolute Gasteiger partial charge is 0.497 e. The molecule has 4 aromatic rings. The van der Waals surface area contributed by atoms with Gasteiger partial charge in [0.15, 0.2) is 17.3 Å². The van der Waals surface area contributed by atoms with Crippen LogP contribution in [0.3, 0.4) is 0 Å². The Labute approximate surface area is 249 Å². The third-order valence-corrected chi connectivity index (χ3v) is 9.11. The van der Waals surface area contributed by atoms with Crippen LogP contribution in [0.4, 0.5) is 5.69 Å². The van der Waals surface area contributed by atoms with Gasteiger partial charge in [-0.25, -0.2) is 0 Å². The van der Waals surface area contributed by atoms with Gasteiger partial charge >= 0.3 is 0 Å². The molecule has 7 heteroatoms. The van der Waals surface area contributed by atoms with Crippen molar-refractivity contribution in [1.82, 2.24) is 0 Å². The molecule has 7 rings (SSSR count). The molecule has 1 saturated heterocycles. The minimum Gasteiger partial charge on any atom is -0.497 e. The lowest BCUT2D eigenvalue weighted by molar-refractivity contribution is 0.0664. The second kappa shape index (κ2) is 9.98. The van der Waals surface area contributed by atoms with E-state index in [4.69, 9.17) is 14.2 Å². The Balaban J connectivity index is 1.56. The summed E-state index contributed by atoms with van der Waals surface area (Å²) >= 11 is 0. The van der Waals surface area contributed by atoms with E-state index in [0.717, 1.165) is 11.3 Å². The van der Waals surface area contributed by atoms with Crippen molar-refractivity contribution in [3.63, 3.8) is 0 Å². The smallest absolute Gasteiger partial charge is 0.186 e. The van der Waals surface area contributed by atoms with Gasteiger partial charge in [0.05, 0.1) is 27.4 Å². The van der Waals surface area contributed by atoms with Crippen LogP contribution in [0, 0.1) is 5.41 Å². The Morgan fingerprint density at radius 1 is 0.744 bits per heavy atom. The Morgan fingerprint density at radius 2 is 1.42 bits per heavy atom. The van der Waals surface area contributed by atoms with E-state index in [1.807, 2.05) is 47.4 Å². The molecule has 214 valence electrons. The predicted octanol–water partition coefficient (Wildman–Crippen LogP) is 6.03. The number of methoxy groups -OCH3 is 3. The van der Waals surface area contributed by atoms with Gasteiger partial charge in [-0.15, -0.1) is 0 Å². The molecule has 1 fully saturated rings. The third-order valence-electron chi connectivity index (χ3n) is 9.11. The first-order valence-corrected chi connectivity index (χ1v) is 14.1. The fourth-order valence-electron chi connectivity index (χ4n) is 7.28. The molecule has 0 aromatic heterocycles. The van der Waals surface area contributed by atoms with Gasteiger partial charge in [-0.3, -0.25) is 14.4 Å². The highest BCUT2D eigenvalue weighted by molar-refractivity contribution is 6.32. The lowest BCUT2D eigenvalue weighted by Crippen LogP contribution is -2.48. The number of carbonyl (C=O) groups is 3. The van der Waals surface area contributed by atoms with E-state index in [9.17, 15) is 14.4 Å². The van der Waals surface area contributed by atoms with Crippen LogP contribution in [-0.4, -0.2) is 50.8 Å². The Kier molecular flexibility index (Phi) is 6.20. The molecular formula is C36H29NO6. The van der Waals surface area contributed by atoms with Gasteiger partial charge in [0.2, 0.25) is 0 Å². The number of anilines is 1. The molecule has 3 atom stereocenters. The van der Waals surface area contributed by atoms with E-state index >= 15 is 0 Å². The first-order chi connectivity index (χ1) is 20.9. The highest BCUT2D eigenvalue weighted by atomic mass is 16.5. The summed E-state index contributed by atoms with van der Waals surface area (Å²) in [6.45, 7) is 0. The number of fused-ring (bicyclic) bond motifs is 5. The van der Waals surface area contributed by atoms with E-state index in [1.165, 1.54) is 7.11 Å². The number of rotatable bonds is 6. The minimum absolute atomic E-state index is 0.231. The standard InChI is InChI=1S/C36H29NO6/c1-41-23-11-8-10-22(19-23)33(38)32-31(27-17-16-24(42-2)20-29(27)43-3)36(34(39)25-12-5-6-13-26(25)35(36)40)30-18-15-21-9-4-7-14-28(21)37(30)32/h4-20,30-32H,1-3H3/t30-,31+,32-/m1/s1. The number of hydrogen-bond acceptors (Lipinski definition) is 7. The summed E-state index contributed by atoms with van der Waals surface area (Å²) < 4.78 is 16.8. The summed E-state index contributed by atoms with van der Waals surface area (Å²) in [6.07, 6.45) is 3.86. The number of nitrogens with zero attached hydrogens (tertiary/aromatic N) is 1. The molecule has 3 aliphatic rings. The van der Waals surface area contributed by atoms with E-state index in [-0.39, 0.29) is 17.3 Å². The fraction of sp³-hybridized carbons (Fsp3) is 0.194. The molecule has 2 heterocycles. The molecule has 0 bridgehead atoms. The zero-order chi connectivity index (χ0) is 29.9. The van der Waals surface area contributed by atoms with Gasteiger partial charge in [-0.05, 0) is 29.8 Å². The van der Waals surface area contributed by atoms with Crippen molar-refractivity contribution in [2.45, 2.75) is 18.0 Å². The Bertz CT molecular complexity index is 1810. The Hall–Kier alpha value is -5.17. The molecule has 0 amide bonds. The normalized spacial score (nSPS) is 20.9. The third kappa shape index (κ3) is 3.64. The van der Waals surface area contributed by atoms with E-state index < -0.39 is 23.4 Å². The molecule has 4 aromatic carbocycles. The molecule has 0 N–H and O–H groups in total. The van der Waals surface area contributed by atoms with Crippen molar-refractivity contribution in [1.29, 1.82) is 0 Å². The summed E-state index contributed by atoms with van der Waals surface area (Å²) in [6, 6.07) is 25.3. The van der Waals surface area contributed by atoms with E-state index in [0.29, 0.717) is 39.5 Å². The van der Waals surface area contributed by atoms with Gasteiger partial charge in [0.25, 0.3) is 0 Å². The molecule has 43 heavy (non-hydrogen) atoms.